The fourth-order valence-electron chi connectivity index (χ4n) is 1.68. The minimum absolute atomic E-state index is 0.0573. The number of nitrogens with zero attached hydrogens (tertiary/aromatic N) is 2. The van der Waals surface area contributed by atoms with Crippen molar-refractivity contribution in [1.29, 1.82) is 0 Å². The van der Waals surface area contributed by atoms with E-state index in [1.807, 2.05) is 38.1 Å². The van der Waals surface area contributed by atoms with E-state index >= 15 is 0 Å². The number of benzene rings is 1. The lowest BCUT2D eigenvalue weighted by molar-refractivity contribution is 0.413. The number of methoxy groups -OCH3 is 1. The number of nitrogens with one attached hydrogen (secondary N) is 1. The maximum absolute atomic E-state index is 5.64. The van der Waals surface area contributed by atoms with Crippen molar-refractivity contribution in [3.63, 3.8) is 0 Å². The molecule has 1 N–H and O–H groups in total. The van der Waals surface area contributed by atoms with Crippen LogP contribution in [-0.2, 0) is 0 Å². The Morgan fingerprint density at radius 1 is 1.39 bits per heavy atom. The van der Waals surface area contributed by atoms with E-state index in [0.29, 0.717) is 11.8 Å². The second-order valence-electron chi connectivity index (χ2n) is 3.96. The average Bonchev–Trinajstić information content (AvgIpc) is 2.89. The summed E-state index contributed by atoms with van der Waals surface area (Å²) < 4.78 is 10.8. The van der Waals surface area contributed by atoms with Crippen molar-refractivity contribution in [3.8, 4) is 17.2 Å². The molecular formula is C13H17N3O2. The van der Waals surface area contributed by atoms with Crippen LogP contribution in [0.2, 0.25) is 0 Å². The summed E-state index contributed by atoms with van der Waals surface area (Å²) in [5, 5.41) is 11.3. The van der Waals surface area contributed by atoms with Gasteiger partial charge < -0.3 is 14.5 Å². The van der Waals surface area contributed by atoms with E-state index in [2.05, 4.69) is 15.5 Å². The number of ether oxygens (including phenoxy) is 1. The first-order valence-electron chi connectivity index (χ1n) is 5.95. The minimum Gasteiger partial charge on any atom is -0.497 e. The predicted molar refractivity (Wildman–Crippen MR) is 68.4 cm³/mol. The second-order valence-corrected chi connectivity index (χ2v) is 3.96. The monoisotopic (exact) mass is 247 g/mol. The third-order valence-corrected chi connectivity index (χ3v) is 2.64. The molecule has 1 unspecified atom stereocenters. The molecule has 0 bridgehead atoms. The van der Waals surface area contributed by atoms with Gasteiger partial charge in [0.25, 0.3) is 0 Å². The molecule has 0 spiro atoms. The summed E-state index contributed by atoms with van der Waals surface area (Å²) in [5.41, 5.74) is 0.858. The van der Waals surface area contributed by atoms with E-state index < -0.39 is 0 Å². The molecule has 0 aliphatic rings. The quantitative estimate of drug-likeness (QED) is 0.879. The molecule has 0 aliphatic carbocycles. The maximum atomic E-state index is 5.64. The normalized spacial score (nSPS) is 12.4. The van der Waals surface area contributed by atoms with Crippen LogP contribution in [0.3, 0.4) is 0 Å². The highest BCUT2D eigenvalue weighted by atomic mass is 16.5. The van der Waals surface area contributed by atoms with Crippen LogP contribution in [0.25, 0.3) is 11.5 Å². The van der Waals surface area contributed by atoms with Gasteiger partial charge >= 0.3 is 0 Å². The van der Waals surface area contributed by atoms with Crippen LogP contribution in [-0.4, -0.2) is 23.9 Å². The van der Waals surface area contributed by atoms with E-state index in [0.717, 1.165) is 17.9 Å². The van der Waals surface area contributed by atoms with Gasteiger partial charge in [-0.1, -0.05) is 13.0 Å². The van der Waals surface area contributed by atoms with Gasteiger partial charge in [-0.25, -0.2) is 0 Å². The summed E-state index contributed by atoms with van der Waals surface area (Å²) in [6, 6.07) is 7.61. The fourth-order valence-corrected chi connectivity index (χ4v) is 1.68. The lowest BCUT2D eigenvalue weighted by Gasteiger charge is -2.05. The highest BCUT2D eigenvalue weighted by Crippen LogP contribution is 2.24. The number of hydrogen-bond acceptors (Lipinski definition) is 5. The predicted octanol–water partition coefficient (Wildman–Crippen LogP) is 2.42. The Bertz CT molecular complexity index is 510. The zero-order chi connectivity index (χ0) is 13.0. The maximum Gasteiger partial charge on any atom is 0.247 e. The molecular weight excluding hydrogens is 230 g/mol. The molecule has 1 heterocycles. The van der Waals surface area contributed by atoms with E-state index in [-0.39, 0.29) is 6.04 Å². The van der Waals surface area contributed by atoms with E-state index in [4.69, 9.17) is 9.15 Å². The summed E-state index contributed by atoms with van der Waals surface area (Å²) in [6.07, 6.45) is 0. The first-order chi connectivity index (χ1) is 8.74. The van der Waals surface area contributed by atoms with Crippen molar-refractivity contribution in [2.45, 2.75) is 19.9 Å². The number of aromatic nitrogens is 2. The molecule has 0 fully saturated rings. The summed E-state index contributed by atoms with van der Waals surface area (Å²) >= 11 is 0. The van der Waals surface area contributed by atoms with Crippen LogP contribution in [0.15, 0.2) is 28.7 Å². The Balaban J connectivity index is 2.23. The van der Waals surface area contributed by atoms with Gasteiger partial charge in [-0.3, -0.25) is 0 Å². The lowest BCUT2D eigenvalue weighted by atomic mass is 10.2. The second kappa shape index (κ2) is 5.64. The first-order valence-corrected chi connectivity index (χ1v) is 5.95. The third kappa shape index (κ3) is 2.68. The van der Waals surface area contributed by atoms with Gasteiger partial charge in [0.05, 0.1) is 13.2 Å². The summed E-state index contributed by atoms with van der Waals surface area (Å²) in [5.74, 6) is 1.87. The molecule has 5 heteroatoms. The van der Waals surface area contributed by atoms with Gasteiger partial charge in [-0.2, -0.15) is 0 Å². The molecule has 0 saturated heterocycles. The van der Waals surface area contributed by atoms with E-state index in [1.165, 1.54) is 0 Å². The van der Waals surface area contributed by atoms with Crippen molar-refractivity contribution < 1.29 is 9.15 Å². The molecule has 0 amide bonds. The van der Waals surface area contributed by atoms with Crippen molar-refractivity contribution >= 4 is 0 Å². The van der Waals surface area contributed by atoms with Gasteiger partial charge in [0.2, 0.25) is 11.8 Å². The zero-order valence-electron chi connectivity index (χ0n) is 10.8. The third-order valence-electron chi connectivity index (χ3n) is 2.64. The van der Waals surface area contributed by atoms with Crippen LogP contribution in [0, 0.1) is 0 Å². The SMILES string of the molecule is CCNC(C)c1nnc(-c2cccc(OC)c2)o1. The largest absolute Gasteiger partial charge is 0.497 e. The molecule has 2 aromatic rings. The standard InChI is InChI=1S/C13H17N3O2/c1-4-14-9(2)12-15-16-13(18-12)10-6-5-7-11(8-10)17-3/h5-9,14H,4H2,1-3H3. The molecule has 2 rings (SSSR count). The summed E-state index contributed by atoms with van der Waals surface area (Å²) in [6.45, 7) is 4.89. The Labute approximate surface area is 106 Å². The molecule has 5 nitrogen and oxygen atoms in total. The van der Waals surface area contributed by atoms with Crippen molar-refractivity contribution in [3.05, 3.63) is 30.2 Å². The molecule has 0 aliphatic heterocycles. The van der Waals surface area contributed by atoms with Gasteiger partial charge in [-0.05, 0) is 31.7 Å². The van der Waals surface area contributed by atoms with Crippen molar-refractivity contribution in [1.82, 2.24) is 15.5 Å². The Morgan fingerprint density at radius 2 is 2.22 bits per heavy atom. The van der Waals surface area contributed by atoms with E-state index in [1.54, 1.807) is 7.11 Å². The van der Waals surface area contributed by atoms with Crippen molar-refractivity contribution in [2.75, 3.05) is 13.7 Å². The molecule has 0 radical (unpaired) electrons. The Kier molecular flexibility index (Phi) is 3.94. The average molecular weight is 247 g/mol. The first kappa shape index (κ1) is 12.6. The van der Waals surface area contributed by atoms with Gasteiger partial charge in [0.1, 0.15) is 5.75 Å². The topological polar surface area (TPSA) is 60.2 Å². The molecule has 1 aromatic heterocycles. The Hall–Kier alpha value is -1.88. The van der Waals surface area contributed by atoms with Crippen LogP contribution in [0.1, 0.15) is 25.8 Å². The van der Waals surface area contributed by atoms with E-state index in [9.17, 15) is 0 Å². The fraction of sp³-hybridized carbons (Fsp3) is 0.385. The summed E-state index contributed by atoms with van der Waals surface area (Å²) in [7, 11) is 1.63. The van der Waals surface area contributed by atoms with Crippen LogP contribution >= 0.6 is 0 Å². The molecule has 96 valence electrons. The number of rotatable bonds is 5. The van der Waals surface area contributed by atoms with Crippen LogP contribution < -0.4 is 10.1 Å². The highest BCUT2D eigenvalue weighted by Gasteiger charge is 2.14. The van der Waals surface area contributed by atoms with Gasteiger partial charge in [0, 0.05) is 5.56 Å². The van der Waals surface area contributed by atoms with Gasteiger partial charge in [-0.15, -0.1) is 10.2 Å². The van der Waals surface area contributed by atoms with Crippen molar-refractivity contribution in [2.24, 2.45) is 0 Å². The van der Waals surface area contributed by atoms with Crippen LogP contribution in [0.5, 0.6) is 5.75 Å². The molecule has 1 aromatic carbocycles. The lowest BCUT2D eigenvalue weighted by Crippen LogP contribution is -2.17. The summed E-state index contributed by atoms with van der Waals surface area (Å²) in [4.78, 5) is 0. The molecule has 1 atom stereocenters. The molecule has 18 heavy (non-hydrogen) atoms. The zero-order valence-corrected chi connectivity index (χ0v) is 10.8. The Morgan fingerprint density at radius 3 is 2.94 bits per heavy atom. The molecule has 0 saturated carbocycles. The number of hydrogen-bond donors (Lipinski definition) is 1. The van der Waals surface area contributed by atoms with Gasteiger partial charge in [0.15, 0.2) is 0 Å². The smallest absolute Gasteiger partial charge is 0.247 e. The highest BCUT2D eigenvalue weighted by molar-refractivity contribution is 5.55. The minimum atomic E-state index is 0.0573. The van der Waals surface area contributed by atoms with Crippen LogP contribution in [0.4, 0.5) is 0 Å².